The number of nitro groups is 1. The molecule has 0 aliphatic rings. The van der Waals surface area contributed by atoms with Crippen LogP contribution in [0.15, 0.2) is 60.9 Å². The first-order valence-electron chi connectivity index (χ1n) is 7.88. The number of carbonyl (C=O) groups is 1. The summed E-state index contributed by atoms with van der Waals surface area (Å²) in [5.41, 5.74) is 0.827. The summed E-state index contributed by atoms with van der Waals surface area (Å²) in [4.78, 5) is 26.9. The molecule has 0 unspecified atom stereocenters. The van der Waals surface area contributed by atoms with Crippen molar-refractivity contribution in [2.75, 3.05) is 5.32 Å². The Morgan fingerprint density at radius 3 is 2.70 bits per heavy atom. The van der Waals surface area contributed by atoms with Gasteiger partial charge in [0.05, 0.1) is 11.1 Å². The number of amides is 1. The Labute approximate surface area is 159 Å². The highest BCUT2D eigenvalue weighted by Crippen LogP contribution is 2.28. The van der Waals surface area contributed by atoms with E-state index in [1.54, 1.807) is 42.7 Å². The van der Waals surface area contributed by atoms with Crippen LogP contribution in [0.1, 0.15) is 15.9 Å². The van der Waals surface area contributed by atoms with E-state index in [4.69, 9.17) is 16.3 Å². The molecule has 0 aliphatic carbocycles. The third kappa shape index (κ3) is 4.39. The monoisotopic (exact) mass is 383 g/mol. The summed E-state index contributed by atoms with van der Waals surface area (Å²) in [5, 5.41) is 14.0. The molecule has 3 aromatic rings. The molecular formula is C19H14ClN3O4. The Hall–Kier alpha value is -3.45. The molecular weight excluding hydrogens is 370 g/mol. The summed E-state index contributed by atoms with van der Waals surface area (Å²) >= 11 is 5.87. The third-order valence-electron chi connectivity index (χ3n) is 3.69. The standard InChI is InChI=1S/C19H14ClN3O4/c1-12-9-14(5-7-18(12)27-15-3-2-8-21-11-15)22-19(24)16-10-13(20)4-6-17(16)23(25)26/h2-11H,1H3,(H,22,24). The Kier molecular flexibility index (Phi) is 5.33. The van der Waals surface area contributed by atoms with E-state index in [0.717, 1.165) is 5.56 Å². The molecule has 0 atom stereocenters. The van der Waals surface area contributed by atoms with Crippen LogP contribution in [0.5, 0.6) is 11.5 Å². The maximum Gasteiger partial charge on any atom is 0.282 e. The van der Waals surface area contributed by atoms with Crippen molar-refractivity contribution in [1.29, 1.82) is 0 Å². The highest BCUT2D eigenvalue weighted by atomic mass is 35.5. The molecule has 0 radical (unpaired) electrons. The predicted molar refractivity (Wildman–Crippen MR) is 102 cm³/mol. The number of benzene rings is 2. The number of pyridine rings is 1. The van der Waals surface area contributed by atoms with Crippen LogP contribution in [-0.2, 0) is 0 Å². The quantitative estimate of drug-likeness (QED) is 0.494. The maximum absolute atomic E-state index is 12.5. The summed E-state index contributed by atoms with van der Waals surface area (Å²) in [6.07, 6.45) is 3.24. The minimum atomic E-state index is -0.624. The summed E-state index contributed by atoms with van der Waals surface area (Å²) in [5.74, 6) is 0.575. The van der Waals surface area contributed by atoms with Gasteiger partial charge in [-0.2, -0.15) is 0 Å². The number of nitrogens with one attached hydrogen (secondary N) is 1. The second-order valence-electron chi connectivity index (χ2n) is 5.64. The van der Waals surface area contributed by atoms with Crippen LogP contribution >= 0.6 is 11.6 Å². The molecule has 3 rings (SSSR count). The Balaban J connectivity index is 1.80. The fourth-order valence-corrected chi connectivity index (χ4v) is 2.60. The van der Waals surface area contributed by atoms with Gasteiger partial charge in [0.15, 0.2) is 0 Å². The zero-order chi connectivity index (χ0) is 19.4. The van der Waals surface area contributed by atoms with Gasteiger partial charge < -0.3 is 10.1 Å². The zero-order valence-corrected chi connectivity index (χ0v) is 14.9. The summed E-state index contributed by atoms with van der Waals surface area (Å²) in [7, 11) is 0. The summed E-state index contributed by atoms with van der Waals surface area (Å²) in [6, 6.07) is 12.4. The lowest BCUT2D eigenvalue weighted by atomic mass is 10.1. The molecule has 2 aromatic carbocycles. The predicted octanol–water partition coefficient (Wildman–Crippen LogP) is 5.00. The second-order valence-corrected chi connectivity index (χ2v) is 6.08. The van der Waals surface area contributed by atoms with Crippen molar-refractivity contribution < 1.29 is 14.5 Å². The van der Waals surface area contributed by atoms with E-state index >= 15 is 0 Å². The second kappa shape index (κ2) is 7.84. The van der Waals surface area contributed by atoms with Gasteiger partial charge in [-0.1, -0.05) is 11.6 Å². The average Bonchev–Trinajstić information content (AvgIpc) is 2.64. The lowest BCUT2D eigenvalue weighted by molar-refractivity contribution is -0.385. The van der Waals surface area contributed by atoms with Crippen LogP contribution in [-0.4, -0.2) is 15.8 Å². The van der Waals surface area contributed by atoms with Gasteiger partial charge in [-0.25, -0.2) is 0 Å². The average molecular weight is 384 g/mol. The van der Waals surface area contributed by atoms with E-state index in [-0.39, 0.29) is 16.3 Å². The van der Waals surface area contributed by atoms with Gasteiger partial charge in [-0.3, -0.25) is 19.9 Å². The highest BCUT2D eigenvalue weighted by Gasteiger charge is 2.20. The van der Waals surface area contributed by atoms with E-state index < -0.39 is 10.8 Å². The number of nitrogens with zero attached hydrogens (tertiary/aromatic N) is 2. The summed E-state index contributed by atoms with van der Waals surface area (Å²) in [6.45, 7) is 1.82. The van der Waals surface area contributed by atoms with Crippen molar-refractivity contribution in [3.05, 3.63) is 87.2 Å². The Bertz CT molecular complexity index is 1010. The van der Waals surface area contributed by atoms with Crippen LogP contribution in [0.4, 0.5) is 11.4 Å². The number of hydrogen-bond donors (Lipinski definition) is 1. The lowest BCUT2D eigenvalue weighted by Crippen LogP contribution is -2.14. The molecule has 7 nitrogen and oxygen atoms in total. The topological polar surface area (TPSA) is 94.4 Å². The molecule has 27 heavy (non-hydrogen) atoms. The van der Waals surface area contributed by atoms with E-state index in [1.165, 1.54) is 18.2 Å². The number of nitro benzene ring substituents is 1. The van der Waals surface area contributed by atoms with Crippen LogP contribution in [0.2, 0.25) is 5.02 Å². The van der Waals surface area contributed by atoms with E-state index in [9.17, 15) is 14.9 Å². The van der Waals surface area contributed by atoms with E-state index in [0.29, 0.717) is 17.2 Å². The van der Waals surface area contributed by atoms with Crippen LogP contribution in [0.3, 0.4) is 0 Å². The minimum Gasteiger partial charge on any atom is -0.455 e. The number of rotatable bonds is 5. The molecule has 0 bridgehead atoms. The fourth-order valence-electron chi connectivity index (χ4n) is 2.42. The first kappa shape index (κ1) is 18.3. The number of carbonyl (C=O) groups excluding carboxylic acids is 1. The van der Waals surface area contributed by atoms with Crippen molar-refractivity contribution in [3.8, 4) is 11.5 Å². The molecule has 8 heteroatoms. The Morgan fingerprint density at radius 1 is 1.22 bits per heavy atom. The number of hydrogen-bond acceptors (Lipinski definition) is 5. The van der Waals surface area contributed by atoms with Gasteiger partial charge in [0.2, 0.25) is 0 Å². The largest absolute Gasteiger partial charge is 0.455 e. The zero-order valence-electron chi connectivity index (χ0n) is 14.2. The number of ether oxygens (including phenoxy) is 1. The van der Waals surface area contributed by atoms with Gasteiger partial charge >= 0.3 is 0 Å². The third-order valence-corrected chi connectivity index (χ3v) is 3.93. The first-order chi connectivity index (χ1) is 12.9. The van der Waals surface area contributed by atoms with Crippen molar-refractivity contribution >= 4 is 28.9 Å². The lowest BCUT2D eigenvalue weighted by Gasteiger charge is -2.11. The maximum atomic E-state index is 12.5. The number of aryl methyl sites for hydroxylation is 1. The van der Waals surface area contributed by atoms with Gasteiger partial charge in [0, 0.05) is 23.0 Å². The van der Waals surface area contributed by atoms with Gasteiger partial charge in [-0.15, -0.1) is 0 Å². The van der Waals surface area contributed by atoms with Gasteiger partial charge in [0.25, 0.3) is 11.6 Å². The molecule has 0 fully saturated rings. The Morgan fingerprint density at radius 2 is 2.04 bits per heavy atom. The van der Waals surface area contributed by atoms with E-state index in [1.807, 2.05) is 6.92 Å². The van der Waals surface area contributed by atoms with Crippen LogP contribution in [0, 0.1) is 17.0 Å². The molecule has 0 aliphatic heterocycles. The van der Waals surface area contributed by atoms with Crippen molar-refractivity contribution in [2.45, 2.75) is 6.92 Å². The van der Waals surface area contributed by atoms with Crippen molar-refractivity contribution in [3.63, 3.8) is 0 Å². The van der Waals surface area contributed by atoms with E-state index in [2.05, 4.69) is 10.3 Å². The van der Waals surface area contributed by atoms with Crippen molar-refractivity contribution in [2.24, 2.45) is 0 Å². The van der Waals surface area contributed by atoms with Gasteiger partial charge in [-0.05, 0) is 55.0 Å². The number of halogens is 1. The number of aromatic nitrogens is 1. The highest BCUT2D eigenvalue weighted by molar-refractivity contribution is 6.31. The minimum absolute atomic E-state index is 0.110. The molecule has 1 heterocycles. The van der Waals surface area contributed by atoms with Gasteiger partial charge in [0.1, 0.15) is 17.1 Å². The normalized spacial score (nSPS) is 10.3. The molecule has 0 spiro atoms. The molecule has 1 aromatic heterocycles. The summed E-state index contributed by atoms with van der Waals surface area (Å²) < 4.78 is 5.74. The molecule has 0 saturated heterocycles. The number of anilines is 1. The SMILES string of the molecule is Cc1cc(NC(=O)c2cc(Cl)ccc2[N+](=O)[O-])ccc1Oc1cccnc1. The van der Waals surface area contributed by atoms with Crippen LogP contribution in [0.25, 0.3) is 0 Å². The molecule has 1 amide bonds. The molecule has 1 N–H and O–H groups in total. The van der Waals surface area contributed by atoms with Crippen LogP contribution < -0.4 is 10.1 Å². The smallest absolute Gasteiger partial charge is 0.282 e. The molecule has 136 valence electrons. The molecule has 0 saturated carbocycles. The fraction of sp³-hybridized carbons (Fsp3) is 0.0526. The first-order valence-corrected chi connectivity index (χ1v) is 8.25. The van der Waals surface area contributed by atoms with Crippen molar-refractivity contribution in [1.82, 2.24) is 4.98 Å².